The summed E-state index contributed by atoms with van der Waals surface area (Å²) in [7, 11) is 0. The average molecular weight is 320 g/mol. The summed E-state index contributed by atoms with van der Waals surface area (Å²) in [5.74, 6) is 1.84. The number of nitrogens with zero attached hydrogens (tertiary/aromatic N) is 3. The third kappa shape index (κ3) is 3.30. The first-order valence-electron chi connectivity index (χ1n) is 7.70. The largest absolute Gasteiger partial charge is 0.464 e. The van der Waals surface area contributed by atoms with Crippen molar-refractivity contribution in [2.24, 2.45) is 0 Å². The third-order valence-corrected chi connectivity index (χ3v) is 4.55. The number of rotatable bonds is 3. The number of carbonyl (C=O) groups excluding carboxylic acids is 1. The minimum absolute atomic E-state index is 0.00396. The number of amides is 2. The van der Waals surface area contributed by atoms with E-state index in [0.717, 1.165) is 50.2 Å². The molecule has 3 rings (SSSR count). The van der Waals surface area contributed by atoms with Gasteiger partial charge in [0.1, 0.15) is 17.0 Å². The van der Waals surface area contributed by atoms with Crippen LogP contribution in [0.5, 0.6) is 0 Å². The van der Waals surface area contributed by atoms with Gasteiger partial charge >= 0.3 is 6.03 Å². The van der Waals surface area contributed by atoms with Gasteiger partial charge in [-0.2, -0.15) is 0 Å². The molecule has 7 heteroatoms. The van der Waals surface area contributed by atoms with Crippen LogP contribution in [0.15, 0.2) is 22.1 Å². The Morgan fingerprint density at radius 1 is 1.45 bits per heavy atom. The quantitative estimate of drug-likeness (QED) is 0.932. The van der Waals surface area contributed by atoms with Crippen molar-refractivity contribution < 1.29 is 9.21 Å². The fourth-order valence-electron chi connectivity index (χ4n) is 2.80. The maximum absolute atomic E-state index is 12.6. The van der Waals surface area contributed by atoms with Crippen LogP contribution >= 0.6 is 11.3 Å². The van der Waals surface area contributed by atoms with Gasteiger partial charge in [-0.1, -0.05) is 31.1 Å². The predicted molar refractivity (Wildman–Crippen MR) is 84.9 cm³/mol. The molecular formula is C15H20N4O2S. The molecule has 2 aromatic heterocycles. The highest BCUT2D eigenvalue weighted by molar-refractivity contribution is 7.13. The topological polar surface area (TPSA) is 71.3 Å². The van der Waals surface area contributed by atoms with Crippen molar-refractivity contribution in [3.8, 4) is 0 Å². The molecule has 0 radical (unpaired) electrons. The van der Waals surface area contributed by atoms with Crippen molar-refractivity contribution in [1.82, 2.24) is 15.1 Å². The lowest BCUT2D eigenvalue weighted by atomic mass is 10.1. The van der Waals surface area contributed by atoms with E-state index in [1.807, 2.05) is 17.0 Å². The van der Waals surface area contributed by atoms with Crippen LogP contribution in [-0.4, -0.2) is 27.7 Å². The summed E-state index contributed by atoms with van der Waals surface area (Å²) in [6.45, 7) is 2.80. The average Bonchev–Trinajstić information content (AvgIpc) is 3.14. The highest BCUT2D eigenvalue weighted by Crippen LogP contribution is 2.32. The first-order valence-corrected chi connectivity index (χ1v) is 8.58. The van der Waals surface area contributed by atoms with E-state index < -0.39 is 0 Å². The molecule has 0 unspecified atom stereocenters. The molecule has 0 bridgehead atoms. The second-order valence-corrected chi connectivity index (χ2v) is 6.22. The van der Waals surface area contributed by atoms with Crippen molar-refractivity contribution in [3.05, 3.63) is 29.2 Å². The van der Waals surface area contributed by atoms with Crippen LogP contribution in [0.25, 0.3) is 0 Å². The van der Waals surface area contributed by atoms with E-state index in [1.54, 1.807) is 5.51 Å². The number of urea groups is 1. The molecule has 1 fully saturated rings. The maximum atomic E-state index is 12.6. The number of nitrogens with one attached hydrogen (secondary N) is 1. The highest BCUT2D eigenvalue weighted by atomic mass is 32.1. The van der Waals surface area contributed by atoms with Crippen molar-refractivity contribution in [3.63, 3.8) is 0 Å². The number of hydrogen-bond acceptors (Lipinski definition) is 5. The summed E-state index contributed by atoms with van der Waals surface area (Å²) in [5.41, 5.74) is 1.61. The number of hydrogen-bond donors (Lipinski definition) is 1. The Hall–Kier alpha value is -1.89. The summed E-state index contributed by atoms with van der Waals surface area (Å²) in [6.07, 6.45) is 5.06. The Balaban J connectivity index is 1.79. The number of aryl methyl sites for hydroxylation is 1. The lowest BCUT2D eigenvalue weighted by molar-refractivity contribution is 0.178. The van der Waals surface area contributed by atoms with Gasteiger partial charge < -0.3 is 9.32 Å². The smallest absolute Gasteiger partial charge is 0.324 e. The molecule has 0 saturated carbocycles. The Morgan fingerprint density at radius 2 is 2.36 bits per heavy atom. The van der Waals surface area contributed by atoms with E-state index >= 15 is 0 Å². The van der Waals surface area contributed by atoms with Gasteiger partial charge in [-0.3, -0.25) is 5.32 Å². The first-order chi connectivity index (χ1) is 10.8. The van der Waals surface area contributed by atoms with Crippen molar-refractivity contribution in [1.29, 1.82) is 0 Å². The molecule has 1 aliphatic rings. The van der Waals surface area contributed by atoms with Gasteiger partial charge in [-0.25, -0.2) is 4.79 Å². The monoisotopic (exact) mass is 320 g/mol. The molecule has 2 aromatic rings. The SMILES string of the molecule is CCc1ccc([C@@H]2CCCCCN2C(=O)Nc2nncs2)o1. The lowest BCUT2D eigenvalue weighted by Gasteiger charge is -2.28. The second-order valence-electron chi connectivity index (χ2n) is 5.39. The molecule has 3 heterocycles. The van der Waals surface area contributed by atoms with Crippen LogP contribution < -0.4 is 5.32 Å². The molecule has 0 spiro atoms. The van der Waals surface area contributed by atoms with Gasteiger partial charge in [-0.15, -0.1) is 10.2 Å². The summed E-state index contributed by atoms with van der Waals surface area (Å²) < 4.78 is 5.90. The molecule has 1 atom stereocenters. The van der Waals surface area contributed by atoms with E-state index in [1.165, 1.54) is 11.3 Å². The normalized spacial score (nSPS) is 19.0. The highest BCUT2D eigenvalue weighted by Gasteiger charge is 2.29. The van der Waals surface area contributed by atoms with Crippen LogP contribution in [-0.2, 0) is 6.42 Å². The molecule has 2 amide bonds. The molecular weight excluding hydrogens is 300 g/mol. The van der Waals surface area contributed by atoms with Gasteiger partial charge in [0.2, 0.25) is 5.13 Å². The Kier molecular flexibility index (Phi) is 4.72. The second kappa shape index (κ2) is 6.91. The fraction of sp³-hybridized carbons (Fsp3) is 0.533. The molecule has 118 valence electrons. The molecule has 22 heavy (non-hydrogen) atoms. The van der Waals surface area contributed by atoms with Gasteiger partial charge in [0.05, 0.1) is 6.04 Å². The Bertz CT molecular complexity index is 611. The fourth-order valence-corrected chi connectivity index (χ4v) is 3.24. The van der Waals surface area contributed by atoms with Crippen molar-refractivity contribution in [2.45, 2.75) is 45.1 Å². The van der Waals surface area contributed by atoms with Crippen molar-refractivity contribution >= 4 is 22.5 Å². The zero-order valence-electron chi connectivity index (χ0n) is 12.6. The number of furan rings is 1. The lowest BCUT2D eigenvalue weighted by Crippen LogP contribution is -2.37. The van der Waals surface area contributed by atoms with E-state index in [9.17, 15) is 4.79 Å². The maximum Gasteiger partial charge on any atom is 0.324 e. The van der Waals surface area contributed by atoms with Crippen LogP contribution in [0.4, 0.5) is 9.93 Å². The minimum Gasteiger partial charge on any atom is -0.464 e. The van der Waals surface area contributed by atoms with E-state index in [2.05, 4.69) is 22.4 Å². The van der Waals surface area contributed by atoms with Gasteiger partial charge in [0.15, 0.2) is 0 Å². The van der Waals surface area contributed by atoms with Gasteiger partial charge in [0.25, 0.3) is 0 Å². The van der Waals surface area contributed by atoms with E-state index in [4.69, 9.17) is 4.42 Å². The predicted octanol–water partition coefficient (Wildman–Crippen LogP) is 3.84. The third-order valence-electron chi connectivity index (χ3n) is 3.95. The number of carbonyl (C=O) groups is 1. The number of likely N-dealkylation sites (tertiary alicyclic amines) is 1. The van der Waals surface area contributed by atoms with Crippen LogP contribution in [0.1, 0.15) is 50.2 Å². The van der Waals surface area contributed by atoms with Crippen LogP contribution in [0.2, 0.25) is 0 Å². The van der Waals surface area contributed by atoms with Crippen molar-refractivity contribution in [2.75, 3.05) is 11.9 Å². The van der Waals surface area contributed by atoms with Crippen LogP contribution in [0, 0.1) is 0 Å². The molecule has 1 saturated heterocycles. The molecule has 6 nitrogen and oxygen atoms in total. The summed E-state index contributed by atoms with van der Waals surface area (Å²) >= 11 is 1.32. The van der Waals surface area contributed by atoms with E-state index in [0.29, 0.717) is 5.13 Å². The first kappa shape index (κ1) is 15.0. The Morgan fingerprint density at radius 3 is 3.09 bits per heavy atom. The molecule has 1 aliphatic heterocycles. The standard InChI is InChI=1S/C15H20N4O2S/c1-2-11-7-8-13(21-11)12-6-4-3-5-9-19(12)15(20)17-14-18-16-10-22-14/h7-8,10,12H,2-6,9H2,1H3,(H,17,18,20)/t12-/m0/s1. The molecule has 1 N–H and O–H groups in total. The Labute approximate surface area is 133 Å². The summed E-state index contributed by atoms with van der Waals surface area (Å²) in [6, 6.07) is 3.87. The summed E-state index contributed by atoms with van der Waals surface area (Å²) in [4.78, 5) is 14.5. The summed E-state index contributed by atoms with van der Waals surface area (Å²) in [5, 5.41) is 11.0. The van der Waals surface area contributed by atoms with Gasteiger partial charge in [-0.05, 0) is 25.0 Å². The molecule has 0 aromatic carbocycles. The van der Waals surface area contributed by atoms with Gasteiger partial charge in [0, 0.05) is 13.0 Å². The zero-order chi connectivity index (χ0) is 15.4. The van der Waals surface area contributed by atoms with E-state index in [-0.39, 0.29) is 12.1 Å². The number of aromatic nitrogens is 2. The minimum atomic E-state index is -0.127. The zero-order valence-corrected chi connectivity index (χ0v) is 13.4. The number of anilines is 1. The van der Waals surface area contributed by atoms with Crippen LogP contribution in [0.3, 0.4) is 0 Å². The molecule has 0 aliphatic carbocycles.